The molecule has 162 valence electrons. The molecule has 9 heteroatoms. The van der Waals surface area contributed by atoms with Gasteiger partial charge in [0.25, 0.3) is 0 Å². The number of pyridine rings is 1. The molecule has 1 atom stereocenters. The van der Waals surface area contributed by atoms with Crippen LogP contribution in [0.5, 0.6) is 0 Å². The van der Waals surface area contributed by atoms with E-state index in [1.807, 2.05) is 4.40 Å². The van der Waals surface area contributed by atoms with Crippen LogP contribution in [0.15, 0.2) is 36.5 Å². The number of hydrogen-bond donors (Lipinski definition) is 0. The van der Waals surface area contributed by atoms with Gasteiger partial charge >= 0.3 is 5.97 Å². The maximum Gasteiger partial charge on any atom is 0.337 e. The molecule has 4 rings (SSSR count). The molecule has 0 radical (unpaired) electrons. The van der Waals surface area contributed by atoms with Crippen LogP contribution in [0.3, 0.4) is 0 Å². The largest absolute Gasteiger partial charge is 0.465 e. The minimum atomic E-state index is -0.618. The maximum absolute atomic E-state index is 15.0. The van der Waals surface area contributed by atoms with Gasteiger partial charge in [-0.15, -0.1) is 0 Å². The Morgan fingerprint density at radius 2 is 2.13 bits per heavy atom. The van der Waals surface area contributed by atoms with E-state index in [-0.39, 0.29) is 23.1 Å². The highest BCUT2D eigenvalue weighted by Crippen LogP contribution is 2.30. The number of ether oxygens (including phenoxy) is 2. The number of aromatic nitrogens is 2. The van der Waals surface area contributed by atoms with E-state index in [1.165, 1.54) is 26.2 Å². The van der Waals surface area contributed by atoms with Crippen LogP contribution in [0.2, 0.25) is 5.02 Å². The van der Waals surface area contributed by atoms with E-state index < -0.39 is 11.8 Å². The van der Waals surface area contributed by atoms with Crippen LogP contribution in [0, 0.1) is 5.82 Å². The molecular formula is C22H21ClFN3O4. The SMILES string of the molecule is COC(=O)c1ccc(-c2nc3cc(Cl)ccn3c2C[C@H]2CN(C(C)=O)CCO2)c(F)c1. The van der Waals surface area contributed by atoms with Gasteiger partial charge in [0.2, 0.25) is 5.91 Å². The van der Waals surface area contributed by atoms with Crippen LogP contribution in [-0.4, -0.2) is 59.1 Å². The van der Waals surface area contributed by atoms with E-state index >= 15 is 0 Å². The first-order valence-corrected chi connectivity index (χ1v) is 10.2. The average molecular weight is 446 g/mol. The number of imidazole rings is 1. The number of amides is 1. The zero-order valence-electron chi connectivity index (χ0n) is 17.1. The number of esters is 1. The topological polar surface area (TPSA) is 73.1 Å². The molecule has 1 fully saturated rings. The summed E-state index contributed by atoms with van der Waals surface area (Å²) in [6.45, 7) is 2.96. The van der Waals surface area contributed by atoms with Crippen molar-refractivity contribution < 1.29 is 23.5 Å². The lowest BCUT2D eigenvalue weighted by Crippen LogP contribution is -2.45. The third-order valence-corrected chi connectivity index (χ3v) is 5.57. The first-order valence-electron chi connectivity index (χ1n) is 9.79. The fourth-order valence-corrected chi connectivity index (χ4v) is 3.93. The number of nitrogens with zero attached hydrogens (tertiary/aromatic N) is 3. The molecule has 3 heterocycles. The van der Waals surface area contributed by atoms with Crippen LogP contribution in [-0.2, 0) is 20.7 Å². The zero-order valence-corrected chi connectivity index (χ0v) is 17.9. The summed E-state index contributed by atoms with van der Waals surface area (Å²) >= 11 is 6.13. The number of carbonyl (C=O) groups is 2. The van der Waals surface area contributed by atoms with Crippen molar-refractivity contribution in [2.45, 2.75) is 19.4 Å². The Labute approximate surface area is 183 Å². The summed E-state index contributed by atoms with van der Waals surface area (Å²) in [7, 11) is 1.24. The van der Waals surface area contributed by atoms with Crippen molar-refractivity contribution in [2.24, 2.45) is 0 Å². The van der Waals surface area contributed by atoms with Crippen molar-refractivity contribution in [3.63, 3.8) is 0 Å². The summed E-state index contributed by atoms with van der Waals surface area (Å²) in [4.78, 5) is 29.9. The number of benzene rings is 1. The molecule has 1 aliphatic heterocycles. The number of carbonyl (C=O) groups excluding carboxylic acids is 2. The second-order valence-corrected chi connectivity index (χ2v) is 7.76. The summed E-state index contributed by atoms with van der Waals surface area (Å²) in [5.41, 5.74) is 2.09. The molecular weight excluding hydrogens is 425 g/mol. The average Bonchev–Trinajstić information content (AvgIpc) is 3.10. The molecule has 7 nitrogen and oxygen atoms in total. The lowest BCUT2D eigenvalue weighted by Gasteiger charge is -2.32. The van der Waals surface area contributed by atoms with Gasteiger partial charge in [-0.25, -0.2) is 14.2 Å². The first kappa shape index (κ1) is 21.3. The highest BCUT2D eigenvalue weighted by Gasteiger charge is 2.26. The van der Waals surface area contributed by atoms with Crippen molar-refractivity contribution >= 4 is 29.1 Å². The molecule has 1 saturated heterocycles. The van der Waals surface area contributed by atoms with Crippen molar-refractivity contribution in [2.75, 3.05) is 26.8 Å². The summed E-state index contributed by atoms with van der Waals surface area (Å²) in [5, 5.41) is 0.508. The molecule has 0 unspecified atom stereocenters. The normalized spacial score (nSPS) is 16.5. The maximum atomic E-state index is 15.0. The van der Waals surface area contributed by atoms with Crippen molar-refractivity contribution in [1.82, 2.24) is 14.3 Å². The molecule has 0 saturated carbocycles. The summed E-state index contributed by atoms with van der Waals surface area (Å²) in [6.07, 6.45) is 1.93. The second-order valence-electron chi connectivity index (χ2n) is 7.33. The Balaban J connectivity index is 1.77. The van der Waals surface area contributed by atoms with Crippen LogP contribution in [0.1, 0.15) is 23.0 Å². The van der Waals surface area contributed by atoms with Crippen LogP contribution >= 0.6 is 11.6 Å². The third-order valence-electron chi connectivity index (χ3n) is 5.34. The van der Waals surface area contributed by atoms with Gasteiger partial charge in [-0.1, -0.05) is 11.6 Å². The van der Waals surface area contributed by atoms with Gasteiger partial charge < -0.3 is 18.8 Å². The van der Waals surface area contributed by atoms with Crippen LogP contribution in [0.4, 0.5) is 4.39 Å². The molecule has 1 amide bonds. The molecule has 1 aliphatic rings. The van der Waals surface area contributed by atoms with Gasteiger partial charge in [0.05, 0.1) is 36.8 Å². The summed E-state index contributed by atoms with van der Waals surface area (Å²) < 4.78 is 27.4. The van der Waals surface area contributed by atoms with Gasteiger partial charge in [0.15, 0.2) is 0 Å². The highest BCUT2D eigenvalue weighted by atomic mass is 35.5. The third kappa shape index (κ3) is 4.26. The number of methoxy groups -OCH3 is 1. The van der Waals surface area contributed by atoms with E-state index in [9.17, 15) is 14.0 Å². The predicted molar refractivity (Wildman–Crippen MR) is 113 cm³/mol. The van der Waals surface area contributed by atoms with E-state index in [4.69, 9.17) is 16.3 Å². The van der Waals surface area contributed by atoms with E-state index in [0.717, 1.165) is 11.8 Å². The second kappa shape index (κ2) is 8.64. The van der Waals surface area contributed by atoms with Gasteiger partial charge in [-0.3, -0.25) is 4.79 Å². The molecule has 0 aliphatic carbocycles. The van der Waals surface area contributed by atoms with Crippen molar-refractivity contribution in [3.8, 4) is 11.3 Å². The number of morpholine rings is 1. The molecule has 1 aromatic carbocycles. The minimum Gasteiger partial charge on any atom is -0.465 e. The van der Waals surface area contributed by atoms with Crippen LogP contribution in [0.25, 0.3) is 16.9 Å². The number of rotatable bonds is 4. The smallest absolute Gasteiger partial charge is 0.337 e. The molecule has 2 aromatic heterocycles. The fourth-order valence-electron chi connectivity index (χ4n) is 3.78. The van der Waals surface area contributed by atoms with E-state index in [0.29, 0.717) is 42.5 Å². The number of fused-ring (bicyclic) bond motifs is 1. The molecule has 0 bridgehead atoms. The monoisotopic (exact) mass is 445 g/mol. The Morgan fingerprint density at radius 3 is 2.84 bits per heavy atom. The van der Waals surface area contributed by atoms with E-state index in [2.05, 4.69) is 9.72 Å². The van der Waals surface area contributed by atoms with Crippen molar-refractivity contribution in [3.05, 3.63) is 58.6 Å². The van der Waals surface area contributed by atoms with Crippen molar-refractivity contribution in [1.29, 1.82) is 0 Å². The van der Waals surface area contributed by atoms with Gasteiger partial charge in [0.1, 0.15) is 11.5 Å². The standard InChI is InChI=1S/C22H21ClFN3O4/c1-13(28)26-7-8-31-16(12-26)11-19-21(25-20-10-15(23)5-6-27(19)20)17-4-3-14(9-18(17)24)22(29)30-2/h3-6,9-10,16H,7-8,11-12H2,1-2H3/t16-/m0/s1. The van der Waals surface area contributed by atoms with Gasteiger partial charge in [0, 0.05) is 49.3 Å². The molecule has 0 N–H and O–H groups in total. The Kier molecular flexibility index (Phi) is 5.93. The highest BCUT2D eigenvalue weighted by molar-refractivity contribution is 6.30. The predicted octanol–water partition coefficient (Wildman–Crippen LogP) is 3.37. The molecule has 0 spiro atoms. The van der Waals surface area contributed by atoms with Gasteiger partial charge in [-0.2, -0.15) is 0 Å². The minimum absolute atomic E-state index is 0.0112. The quantitative estimate of drug-likeness (QED) is 0.576. The molecule has 3 aromatic rings. The van der Waals surface area contributed by atoms with Crippen LogP contribution < -0.4 is 0 Å². The zero-order chi connectivity index (χ0) is 22.1. The summed E-state index contributed by atoms with van der Waals surface area (Å²) in [6, 6.07) is 7.57. The number of halogens is 2. The first-order chi connectivity index (χ1) is 14.9. The van der Waals surface area contributed by atoms with E-state index in [1.54, 1.807) is 23.2 Å². The fraction of sp³-hybridized carbons (Fsp3) is 0.318. The Hall–Kier alpha value is -2.97. The Morgan fingerprint density at radius 1 is 1.32 bits per heavy atom. The van der Waals surface area contributed by atoms with Gasteiger partial charge in [-0.05, 0) is 24.3 Å². The number of hydrogen-bond acceptors (Lipinski definition) is 5. The summed E-state index contributed by atoms with van der Waals surface area (Å²) in [5.74, 6) is -1.22. The Bertz CT molecular complexity index is 1160. The lowest BCUT2D eigenvalue weighted by atomic mass is 10.0. The molecule has 31 heavy (non-hydrogen) atoms. The lowest BCUT2D eigenvalue weighted by molar-refractivity contribution is -0.136.